The summed E-state index contributed by atoms with van der Waals surface area (Å²) in [6.07, 6.45) is 1.03. The fourth-order valence-electron chi connectivity index (χ4n) is 5.92. The monoisotopic (exact) mass is 570 g/mol. The fraction of sp³-hybridized carbons (Fsp3) is 0.536. The number of nitrogens with zero attached hydrogens (tertiary/aromatic N) is 6. The van der Waals surface area contributed by atoms with Gasteiger partial charge in [0.25, 0.3) is 0 Å². The summed E-state index contributed by atoms with van der Waals surface area (Å²) in [6, 6.07) is 5.58. The lowest BCUT2D eigenvalue weighted by atomic mass is 9.80. The van der Waals surface area contributed by atoms with Crippen molar-refractivity contribution in [3.8, 4) is 11.6 Å². The first-order valence-corrected chi connectivity index (χ1v) is 14.1. The highest BCUT2D eigenvalue weighted by Gasteiger charge is 2.34. The molecule has 2 atom stereocenters. The van der Waals surface area contributed by atoms with Crippen LogP contribution in [0.5, 0.6) is 0 Å². The molecule has 2 aliphatic rings. The van der Waals surface area contributed by atoms with Crippen LogP contribution in [0.2, 0.25) is 0 Å². The number of aromatic nitrogens is 6. The number of hydrogen-bond donors (Lipinski definition) is 2. The van der Waals surface area contributed by atoms with E-state index in [0.717, 1.165) is 44.4 Å². The second kappa shape index (κ2) is 10.5. The number of imidazole rings is 1. The summed E-state index contributed by atoms with van der Waals surface area (Å²) >= 11 is 0. The van der Waals surface area contributed by atoms with E-state index in [0.29, 0.717) is 40.3 Å². The van der Waals surface area contributed by atoms with Gasteiger partial charge in [-0.15, -0.1) is 0 Å². The average Bonchev–Trinajstić information content (AvgIpc) is 3.61. The Labute approximate surface area is 234 Å². The molecule has 0 bridgehead atoms. The number of rotatable bonds is 8. The fourth-order valence-corrected chi connectivity index (χ4v) is 5.92. The average molecular weight is 571 g/mol. The van der Waals surface area contributed by atoms with Gasteiger partial charge in [-0.05, 0) is 62.1 Å². The van der Waals surface area contributed by atoms with Gasteiger partial charge in [0.1, 0.15) is 5.52 Å². The molecule has 0 radical (unpaired) electrons. The molecule has 6 rings (SSSR count). The molecule has 10 nitrogen and oxygen atoms in total. The molecule has 1 aromatic carbocycles. The van der Waals surface area contributed by atoms with Crippen LogP contribution in [0, 0.1) is 11.8 Å². The number of halogens is 3. The van der Waals surface area contributed by atoms with Crippen LogP contribution in [0.25, 0.3) is 22.8 Å². The van der Waals surface area contributed by atoms with Crippen LogP contribution in [-0.4, -0.2) is 48.3 Å². The van der Waals surface area contributed by atoms with E-state index >= 15 is 0 Å². The van der Waals surface area contributed by atoms with Crippen LogP contribution in [-0.2, 0) is 12.7 Å². The molecule has 218 valence electrons. The molecule has 0 amide bonds. The zero-order valence-electron chi connectivity index (χ0n) is 23.2. The van der Waals surface area contributed by atoms with Gasteiger partial charge in [-0.25, -0.2) is 14.8 Å². The molecule has 1 saturated carbocycles. The Kier molecular flexibility index (Phi) is 6.98. The number of anilines is 2. The number of alkyl halides is 3. The van der Waals surface area contributed by atoms with Crippen LogP contribution >= 0.6 is 0 Å². The highest BCUT2D eigenvalue weighted by Crippen LogP contribution is 2.37. The molecule has 4 heterocycles. The van der Waals surface area contributed by atoms with Gasteiger partial charge >= 0.3 is 11.9 Å². The third kappa shape index (κ3) is 5.29. The Morgan fingerprint density at radius 2 is 1.83 bits per heavy atom. The van der Waals surface area contributed by atoms with Gasteiger partial charge < -0.3 is 14.8 Å². The van der Waals surface area contributed by atoms with E-state index in [1.54, 1.807) is 0 Å². The zero-order chi connectivity index (χ0) is 28.9. The van der Waals surface area contributed by atoms with E-state index < -0.39 is 17.5 Å². The van der Waals surface area contributed by atoms with Crippen molar-refractivity contribution in [3.05, 3.63) is 45.9 Å². The maximum atomic E-state index is 13.3. The zero-order valence-corrected chi connectivity index (χ0v) is 23.2. The lowest BCUT2D eigenvalue weighted by Crippen LogP contribution is -2.35. The third-order valence-electron chi connectivity index (χ3n) is 8.40. The molecule has 1 aliphatic carbocycles. The molecule has 41 heavy (non-hydrogen) atoms. The van der Waals surface area contributed by atoms with E-state index in [-0.39, 0.29) is 30.3 Å². The summed E-state index contributed by atoms with van der Waals surface area (Å²) in [7, 11) is 0. The van der Waals surface area contributed by atoms with Crippen LogP contribution in [0.1, 0.15) is 64.0 Å². The molecule has 1 unspecified atom stereocenters. The Bertz CT molecular complexity index is 1590. The lowest BCUT2D eigenvalue weighted by molar-refractivity contribution is -0.137. The van der Waals surface area contributed by atoms with E-state index in [4.69, 9.17) is 14.5 Å². The number of H-pyrrole nitrogens is 1. The van der Waals surface area contributed by atoms with Crippen LogP contribution in [0.15, 0.2) is 33.6 Å². The Balaban J connectivity index is 1.52. The van der Waals surface area contributed by atoms with Crippen molar-refractivity contribution < 1.29 is 17.7 Å². The Morgan fingerprint density at radius 1 is 1.07 bits per heavy atom. The predicted octanol–water partition coefficient (Wildman–Crippen LogP) is 5.46. The molecule has 1 saturated heterocycles. The van der Waals surface area contributed by atoms with Crippen LogP contribution < -0.4 is 16.0 Å². The minimum atomic E-state index is -4.41. The van der Waals surface area contributed by atoms with Crippen molar-refractivity contribution in [3.63, 3.8) is 0 Å². The quantitative estimate of drug-likeness (QED) is 0.287. The largest absolute Gasteiger partial charge is 0.439 e. The van der Waals surface area contributed by atoms with Gasteiger partial charge in [0.15, 0.2) is 11.5 Å². The van der Waals surface area contributed by atoms with E-state index in [9.17, 15) is 18.0 Å². The molecular formula is C28H33F3N8O2. The minimum absolute atomic E-state index is 0.0938. The molecule has 2 fully saturated rings. The van der Waals surface area contributed by atoms with Gasteiger partial charge in [-0.1, -0.05) is 37.6 Å². The van der Waals surface area contributed by atoms with Gasteiger partial charge in [-0.2, -0.15) is 18.2 Å². The third-order valence-corrected chi connectivity index (χ3v) is 8.40. The molecule has 4 aromatic rings. The van der Waals surface area contributed by atoms with Crippen molar-refractivity contribution in [2.75, 3.05) is 16.8 Å². The van der Waals surface area contributed by atoms with Crippen molar-refractivity contribution in [1.82, 2.24) is 29.7 Å². The molecular weight excluding hydrogens is 537 g/mol. The first kappa shape index (κ1) is 27.3. The summed E-state index contributed by atoms with van der Waals surface area (Å²) in [6.45, 7) is 7.55. The normalized spacial score (nSPS) is 18.8. The van der Waals surface area contributed by atoms with Gasteiger partial charge in [-0.3, -0.25) is 9.51 Å². The van der Waals surface area contributed by atoms with E-state index in [2.05, 4.69) is 46.1 Å². The Hall–Kier alpha value is -3.90. The predicted molar refractivity (Wildman–Crippen MR) is 148 cm³/mol. The second-order valence-corrected chi connectivity index (χ2v) is 11.5. The maximum absolute atomic E-state index is 13.3. The summed E-state index contributed by atoms with van der Waals surface area (Å²) in [5.41, 5.74) is 1.05. The summed E-state index contributed by atoms with van der Waals surface area (Å²) in [4.78, 5) is 30.9. The van der Waals surface area contributed by atoms with Gasteiger partial charge in [0.2, 0.25) is 17.6 Å². The molecule has 3 aromatic heterocycles. The lowest BCUT2D eigenvalue weighted by Gasteiger charge is -2.32. The summed E-state index contributed by atoms with van der Waals surface area (Å²) in [5, 5.41) is 7.35. The number of aromatic amines is 1. The molecule has 13 heteroatoms. The number of nitrogens with one attached hydrogen (secondary N) is 2. The summed E-state index contributed by atoms with van der Waals surface area (Å²) < 4.78 is 46.5. The first-order valence-electron chi connectivity index (χ1n) is 14.1. The van der Waals surface area contributed by atoms with E-state index in [1.807, 2.05) is 4.57 Å². The minimum Gasteiger partial charge on any atom is -0.365 e. The second-order valence-electron chi connectivity index (χ2n) is 11.5. The first-order chi connectivity index (χ1) is 19.6. The standard InChI is InChI=1S/C28H33F3N8O2/c1-15(2)20-8-5-13-38(20)26-35-23-21(39(26)14-17-9-11-19(12-10-17)28(29,30)31)22(32-16(3)18-6-4-7-18)33-24(34-23)25-36-27(40)41-37-25/h9-12,15-16,18,20H,4-8,13-14H2,1-3H3,(H,32,33,34)(H,36,37,40)/t16-,20?/m1/s1. The van der Waals surface area contributed by atoms with Crippen molar-refractivity contribution in [2.24, 2.45) is 11.8 Å². The van der Waals surface area contributed by atoms with Crippen molar-refractivity contribution in [1.29, 1.82) is 0 Å². The number of hydrogen-bond acceptors (Lipinski definition) is 8. The SMILES string of the molecule is CC(C)C1CCCN1c1nc2nc(-c3noc(=O)[nH]3)nc(N[C@H](C)C3CCC3)c2n1Cc1ccc(C(F)(F)F)cc1. The van der Waals surface area contributed by atoms with Crippen LogP contribution in [0.3, 0.4) is 0 Å². The van der Waals surface area contributed by atoms with Gasteiger partial charge in [0.05, 0.1) is 12.1 Å². The molecule has 1 aliphatic heterocycles. The number of benzene rings is 1. The summed E-state index contributed by atoms with van der Waals surface area (Å²) in [5.74, 6) is 1.62. The molecule has 0 spiro atoms. The highest BCUT2D eigenvalue weighted by atomic mass is 19.4. The van der Waals surface area contributed by atoms with Crippen molar-refractivity contribution in [2.45, 2.75) is 77.7 Å². The maximum Gasteiger partial charge on any atom is 0.439 e. The smallest absolute Gasteiger partial charge is 0.365 e. The van der Waals surface area contributed by atoms with E-state index in [1.165, 1.54) is 18.6 Å². The molecule has 2 N–H and O–H groups in total. The van der Waals surface area contributed by atoms with Crippen molar-refractivity contribution >= 4 is 22.9 Å². The highest BCUT2D eigenvalue weighted by molar-refractivity contribution is 5.87. The van der Waals surface area contributed by atoms with Gasteiger partial charge in [0, 0.05) is 18.6 Å². The topological polar surface area (TPSA) is 118 Å². The Morgan fingerprint density at radius 3 is 2.44 bits per heavy atom. The van der Waals surface area contributed by atoms with Crippen LogP contribution in [0.4, 0.5) is 24.9 Å². The number of fused-ring (bicyclic) bond motifs is 1.